The first-order valence-corrected chi connectivity index (χ1v) is 9.21. The van der Waals surface area contributed by atoms with Crippen LogP contribution in [0.3, 0.4) is 0 Å². The lowest BCUT2D eigenvalue weighted by molar-refractivity contribution is -0.0110. The van der Waals surface area contributed by atoms with Gasteiger partial charge in [-0.3, -0.25) is 4.90 Å². The lowest BCUT2D eigenvalue weighted by Gasteiger charge is -2.57. The van der Waals surface area contributed by atoms with Crippen LogP contribution in [-0.2, 0) is 13.0 Å². The largest absolute Gasteiger partial charge is 0.295 e. The molecule has 3 nitrogen and oxygen atoms in total. The van der Waals surface area contributed by atoms with E-state index < -0.39 is 0 Å². The molecule has 5 rings (SSSR count). The molecule has 0 saturated heterocycles. The Balaban J connectivity index is 1.46. The van der Waals surface area contributed by atoms with E-state index in [0.29, 0.717) is 11.3 Å². The Labute approximate surface area is 140 Å². The van der Waals surface area contributed by atoms with Crippen LogP contribution in [0, 0.1) is 17.3 Å². The summed E-state index contributed by atoms with van der Waals surface area (Å²) in [6.07, 6.45) is 8.40. The monoisotopic (exact) mass is 311 g/mol. The molecule has 1 aromatic heterocycles. The third-order valence-corrected chi connectivity index (χ3v) is 6.54. The molecule has 0 spiro atoms. The topological polar surface area (TPSA) is 29.0 Å². The number of aromatic nitrogens is 2. The third-order valence-electron chi connectivity index (χ3n) is 6.54. The average molecular weight is 311 g/mol. The maximum Gasteiger partial charge on any atom is 0.131 e. The van der Waals surface area contributed by atoms with E-state index in [2.05, 4.69) is 49.9 Å². The van der Waals surface area contributed by atoms with E-state index in [4.69, 9.17) is 4.98 Å². The maximum absolute atomic E-state index is 4.79. The number of allylic oxidation sites excluding steroid dienone is 1. The molecule has 1 fully saturated rings. The summed E-state index contributed by atoms with van der Waals surface area (Å²) in [5, 5.41) is 0. The van der Waals surface area contributed by atoms with Gasteiger partial charge >= 0.3 is 0 Å². The molecular weight excluding hydrogens is 282 g/mol. The molecule has 23 heavy (non-hydrogen) atoms. The number of rotatable bonds is 3. The minimum Gasteiger partial charge on any atom is -0.295 e. The summed E-state index contributed by atoms with van der Waals surface area (Å²) >= 11 is 0. The summed E-state index contributed by atoms with van der Waals surface area (Å²) in [5.74, 6) is 3.16. The van der Waals surface area contributed by atoms with E-state index in [1.165, 1.54) is 24.1 Å². The van der Waals surface area contributed by atoms with Crippen LogP contribution in [-0.4, -0.2) is 28.0 Å². The van der Waals surface area contributed by atoms with Crippen LogP contribution in [0.2, 0.25) is 0 Å². The summed E-state index contributed by atoms with van der Waals surface area (Å²) in [7, 11) is 0. The third kappa shape index (κ3) is 2.53. The zero-order chi connectivity index (χ0) is 16.2. The molecule has 124 valence electrons. The van der Waals surface area contributed by atoms with Crippen LogP contribution < -0.4 is 0 Å². The Morgan fingerprint density at radius 1 is 1.35 bits per heavy atom. The summed E-state index contributed by atoms with van der Waals surface area (Å²) in [6.45, 7) is 12.6. The van der Waals surface area contributed by atoms with Crippen molar-refractivity contribution in [2.45, 2.75) is 59.4 Å². The minimum absolute atomic E-state index is 0.416. The van der Waals surface area contributed by atoms with Gasteiger partial charge in [0, 0.05) is 49.4 Å². The second kappa shape index (κ2) is 5.41. The van der Waals surface area contributed by atoms with Crippen LogP contribution in [0.25, 0.3) is 0 Å². The van der Waals surface area contributed by atoms with Crippen molar-refractivity contribution in [1.82, 2.24) is 14.9 Å². The molecule has 0 amide bonds. The fourth-order valence-corrected chi connectivity index (χ4v) is 4.72. The molecule has 0 aromatic carbocycles. The second-order valence-electron chi connectivity index (χ2n) is 8.64. The smallest absolute Gasteiger partial charge is 0.131 e. The number of nitrogens with zero attached hydrogens (tertiary/aromatic N) is 3. The Hall–Kier alpha value is -1.22. The van der Waals surface area contributed by atoms with Crippen molar-refractivity contribution in [2.24, 2.45) is 17.3 Å². The Kier molecular flexibility index (Phi) is 3.60. The highest BCUT2D eigenvalue weighted by Gasteiger charge is 2.51. The normalized spacial score (nSPS) is 29.0. The van der Waals surface area contributed by atoms with Crippen LogP contribution in [0.15, 0.2) is 17.8 Å². The first kappa shape index (κ1) is 15.3. The first-order chi connectivity index (χ1) is 10.9. The highest BCUT2D eigenvalue weighted by Crippen LogP contribution is 2.59. The van der Waals surface area contributed by atoms with Crippen molar-refractivity contribution in [3.8, 4) is 0 Å². The number of fused-ring (bicyclic) bond motifs is 2. The molecule has 0 radical (unpaired) electrons. The summed E-state index contributed by atoms with van der Waals surface area (Å²) in [5.41, 5.74) is 4.85. The Bertz CT molecular complexity index is 644. The predicted molar refractivity (Wildman–Crippen MR) is 93.2 cm³/mol. The van der Waals surface area contributed by atoms with Gasteiger partial charge in [0.2, 0.25) is 0 Å². The SMILES string of the molecule is CC(C)c1ncc2c(n1)CCN(CC1=CCC3CC1C3(C)C)C2. The molecule has 2 bridgehead atoms. The maximum atomic E-state index is 4.79. The van der Waals surface area contributed by atoms with Crippen LogP contribution in [0.4, 0.5) is 0 Å². The van der Waals surface area contributed by atoms with Crippen molar-refractivity contribution >= 4 is 0 Å². The molecular formula is C20H29N3. The summed E-state index contributed by atoms with van der Waals surface area (Å²) < 4.78 is 0. The van der Waals surface area contributed by atoms with Crippen molar-refractivity contribution in [1.29, 1.82) is 0 Å². The highest BCUT2D eigenvalue weighted by atomic mass is 15.1. The van der Waals surface area contributed by atoms with E-state index in [9.17, 15) is 0 Å². The van der Waals surface area contributed by atoms with Gasteiger partial charge in [0.25, 0.3) is 0 Å². The van der Waals surface area contributed by atoms with E-state index in [1.807, 2.05) is 0 Å². The molecule has 2 unspecified atom stereocenters. The number of hydrogen-bond acceptors (Lipinski definition) is 3. The molecule has 4 aliphatic rings. The van der Waals surface area contributed by atoms with Gasteiger partial charge in [-0.25, -0.2) is 9.97 Å². The standard InChI is InChI=1S/C20H29N3/c1-13(2)19-21-10-15-12-23(8-7-18(15)22-19)11-14-5-6-16-9-17(14)20(16,3)4/h5,10,13,16-17H,6-9,11-12H2,1-4H3. The van der Waals surface area contributed by atoms with Gasteiger partial charge in [0.15, 0.2) is 0 Å². The van der Waals surface area contributed by atoms with E-state index in [-0.39, 0.29) is 0 Å². The van der Waals surface area contributed by atoms with E-state index in [0.717, 1.165) is 43.7 Å². The molecule has 3 heteroatoms. The van der Waals surface area contributed by atoms with Crippen molar-refractivity contribution in [2.75, 3.05) is 13.1 Å². The predicted octanol–water partition coefficient (Wildman–Crippen LogP) is 3.95. The van der Waals surface area contributed by atoms with Gasteiger partial charge in [-0.2, -0.15) is 0 Å². The van der Waals surface area contributed by atoms with Gasteiger partial charge in [0.05, 0.1) is 0 Å². The fourth-order valence-electron chi connectivity index (χ4n) is 4.72. The van der Waals surface area contributed by atoms with Gasteiger partial charge < -0.3 is 0 Å². The molecule has 1 saturated carbocycles. The Morgan fingerprint density at radius 3 is 2.87 bits per heavy atom. The van der Waals surface area contributed by atoms with Crippen LogP contribution in [0.1, 0.15) is 63.5 Å². The first-order valence-electron chi connectivity index (χ1n) is 9.21. The van der Waals surface area contributed by atoms with Crippen LogP contribution in [0.5, 0.6) is 0 Å². The van der Waals surface area contributed by atoms with E-state index in [1.54, 1.807) is 5.57 Å². The van der Waals surface area contributed by atoms with Gasteiger partial charge in [-0.15, -0.1) is 0 Å². The van der Waals surface area contributed by atoms with Crippen LogP contribution >= 0.6 is 0 Å². The second-order valence-corrected chi connectivity index (χ2v) is 8.64. The zero-order valence-corrected chi connectivity index (χ0v) is 15.0. The Morgan fingerprint density at radius 2 is 2.17 bits per heavy atom. The quantitative estimate of drug-likeness (QED) is 0.792. The van der Waals surface area contributed by atoms with Gasteiger partial charge in [0.1, 0.15) is 5.82 Å². The molecule has 3 aliphatic carbocycles. The summed E-state index contributed by atoms with van der Waals surface area (Å²) in [4.78, 5) is 12.0. The zero-order valence-electron chi connectivity index (χ0n) is 15.0. The van der Waals surface area contributed by atoms with Crippen molar-refractivity contribution in [3.63, 3.8) is 0 Å². The number of hydrogen-bond donors (Lipinski definition) is 0. The minimum atomic E-state index is 0.416. The average Bonchev–Trinajstić information content (AvgIpc) is 2.54. The lowest BCUT2D eigenvalue weighted by atomic mass is 9.49. The highest BCUT2D eigenvalue weighted by molar-refractivity contribution is 5.26. The van der Waals surface area contributed by atoms with E-state index >= 15 is 0 Å². The summed E-state index contributed by atoms with van der Waals surface area (Å²) in [6, 6.07) is 0. The molecule has 2 heterocycles. The van der Waals surface area contributed by atoms with Gasteiger partial charge in [-0.1, -0.05) is 39.3 Å². The lowest BCUT2D eigenvalue weighted by Crippen LogP contribution is -2.50. The van der Waals surface area contributed by atoms with Gasteiger partial charge in [-0.05, 0) is 30.1 Å². The molecule has 2 atom stereocenters. The van der Waals surface area contributed by atoms with Crippen molar-refractivity contribution < 1.29 is 0 Å². The fraction of sp³-hybridized carbons (Fsp3) is 0.700. The molecule has 1 aliphatic heterocycles. The molecule has 0 N–H and O–H groups in total. The molecule has 1 aromatic rings. The van der Waals surface area contributed by atoms with Crippen molar-refractivity contribution in [3.05, 3.63) is 34.9 Å².